The number of rotatable bonds is 5. The van der Waals surface area contributed by atoms with Gasteiger partial charge in [0, 0.05) is 10.9 Å². The SMILES string of the molecule is Cc1ccc(S(=O)(=O)NCC#CCOc2ccc3c(c2)OCO3)s1. The molecule has 1 aromatic carbocycles. The summed E-state index contributed by atoms with van der Waals surface area (Å²) in [6, 6.07) is 8.60. The Labute approximate surface area is 144 Å². The fourth-order valence-corrected chi connectivity index (χ4v) is 4.21. The molecule has 0 saturated heterocycles. The minimum Gasteiger partial charge on any atom is -0.481 e. The largest absolute Gasteiger partial charge is 0.481 e. The van der Waals surface area contributed by atoms with Crippen molar-refractivity contribution in [2.75, 3.05) is 19.9 Å². The fourth-order valence-electron chi connectivity index (χ4n) is 1.96. The number of nitrogens with one attached hydrogen (secondary N) is 1. The first-order chi connectivity index (χ1) is 11.5. The lowest BCUT2D eigenvalue weighted by molar-refractivity contribution is 0.174. The van der Waals surface area contributed by atoms with E-state index in [2.05, 4.69) is 16.6 Å². The predicted octanol–water partition coefficient (Wildman–Crippen LogP) is 2.15. The van der Waals surface area contributed by atoms with Crippen LogP contribution in [0.2, 0.25) is 0 Å². The van der Waals surface area contributed by atoms with Crippen LogP contribution in [0.15, 0.2) is 34.5 Å². The Kier molecular flexibility index (Phi) is 4.94. The Hall–Kier alpha value is -2.21. The third-order valence-electron chi connectivity index (χ3n) is 3.11. The number of hydrogen-bond donors (Lipinski definition) is 1. The number of ether oxygens (including phenoxy) is 3. The molecule has 24 heavy (non-hydrogen) atoms. The Morgan fingerprint density at radius 2 is 2.04 bits per heavy atom. The van der Waals surface area contributed by atoms with Crippen LogP contribution in [0.1, 0.15) is 4.88 Å². The first-order valence-electron chi connectivity index (χ1n) is 7.09. The molecule has 1 aliphatic heterocycles. The topological polar surface area (TPSA) is 73.9 Å². The van der Waals surface area contributed by atoms with Crippen LogP contribution in [0.25, 0.3) is 0 Å². The normalized spacial score (nSPS) is 12.5. The highest BCUT2D eigenvalue weighted by molar-refractivity contribution is 7.91. The van der Waals surface area contributed by atoms with Gasteiger partial charge >= 0.3 is 0 Å². The molecule has 0 unspecified atom stereocenters. The minimum atomic E-state index is -3.49. The van der Waals surface area contributed by atoms with Gasteiger partial charge in [0.15, 0.2) is 11.5 Å². The van der Waals surface area contributed by atoms with Gasteiger partial charge in [-0.2, -0.15) is 4.72 Å². The molecule has 0 atom stereocenters. The number of fused-ring (bicyclic) bond motifs is 1. The van der Waals surface area contributed by atoms with E-state index in [0.717, 1.165) is 4.88 Å². The molecule has 2 aromatic rings. The molecule has 0 saturated carbocycles. The zero-order chi connectivity index (χ0) is 17.0. The third kappa shape index (κ3) is 4.00. The molecule has 8 heteroatoms. The minimum absolute atomic E-state index is 0.0315. The highest BCUT2D eigenvalue weighted by Crippen LogP contribution is 2.34. The zero-order valence-electron chi connectivity index (χ0n) is 12.9. The zero-order valence-corrected chi connectivity index (χ0v) is 14.5. The highest BCUT2D eigenvalue weighted by Gasteiger charge is 2.15. The van der Waals surface area contributed by atoms with E-state index in [-0.39, 0.29) is 19.9 Å². The maximum atomic E-state index is 12.0. The van der Waals surface area contributed by atoms with Crippen LogP contribution < -0.4 is 18.9 Å². The van der Waals surface area contributed by atoms with Crippen LogP contribution in [0.5, 0.6) is 17.2 Å². The second-order valence-electron chi connectivity index (χ2n) is 4.85. The van der Waals surface area contributed by atoms with Crippen LogP contribution in [0.4, 0.5) is 0 Å². The molecule has 0 fully saturated rings. The first-order valence-corrected chi connectivity index (χ1v) is 9.39. The average molecular weight is 365 g/mol. The van der Waals surface area contributed by atoms with Crippen LogP contribution >= 0.6 is 11.3 Å². The monoisotopic (exact) mass is 365 g/mol. The van der Waals surface area contributed by atoms with Gasteiger partial charge in [-0.15, -0.1) is 11.3 Å². The van der Waals surface area contributed by atoms with Crippen molar-refractivity contribution < 1.29 is 22.6 Å². The van der Waals surface area contributed by atoms with Gasteiger partial charge in [-0.3, -0.25) is 0 Å². The third-order valence-corrected chi connectivity index (χ3v) is 6.00. The Balaban J connectivity index is 1.47. The summed E-state index contributed by atoms with van der Waals surface area (Å²) < 4.78 is 42.6. The van der Waals surface area contributed by atoms with Crippen LogP contribution in [0, 0.1) is 18.8 Å². The number of thiophene rings is 1. The van der Waals surface area contributed by atoms with Crippen molar-refractivity contribution in [2.45, 2.75) is 11.1 Å². The number of hydrogen-bond acceptors (Lipinski definition) is 6. The lowest BCUT2D eigenvalue weighted by Gasteiger charge is -2.03. The lowest BCUT2D eigenvalue weighted by Crippen LogP contribution is -2.23. The first kappa shape index (κ1) is 16.6. The van der Waals surface area contributed by atoms with E-state index in [9.17, 15) is 8.42 Å². The summed E-state index contributed by atoms with van der Waals surface area (Å²) >= 11 is 1.22. The van der Waals surface area contributed by atoms with Gasteiger partial charge < -0.3 is 14.2 Å². The number of benzene rings is 1. The van der Waals surface area contributed by atoms with E-state index >= 15 is 0 Å². The molecule has 2 heterocycles. The molecular weight excluding hydrogens is 350 g/mol. The Bertz CT molecular complexity index is 893. The van der Waals surface area contributed by atoms with Gasteiger partial charge in [-0.1, -0.05) is 11.8 Å². The molecule has 0 aliphatic carbocycles. The average Bonchev–Trinajstić information content (AvgIpc) is 3.19. The van der Waals surface area contributed by atoms with Gasteiger partial charge in [0.05, 0.1) is 6.54 Å². The van der Waals surface area contributed by atoms with Crippen molar-refractivity contribution >= 4 is 21.4 Å². The van der Waals surface area contributed by atoms with Crippen LogP contribution in [-0.2, 0) is 10.0 Å². The van der Waals surface area contributed by atoms with E-state index in [1.165, 1.54) is 11.3 Å². The number of sulfonamides is 1. The van der Waals surface area contributed by atoms with E-state index in [1.807, 2.05) is 6.92 Å². The van der Waals surface area contributed by atoms with E-state index in [0.29, 0.717) is 21.5 Å². The summed E-state index contributed by atoms with van der Waals surface area (Å²) in [7, 11) is -3.49. The summed E-state index contributed by atoms with van der Waals surface area (Å²) in [6.45, 7) is 2.25. The molecule has 0 bridgehead atoms. The van der Waals surface area contributed by atoms with Gasteiger partial charge in [-0.05, 0) is 31.2 Å². The van der Waals surface area contributed by atoms with Gasteiger partial charge in [0.25, 0.3) is 10.0 Å². The highest BCUT2D eigenvalue weighted by atomic mass is 32.2. The van der Waals surface area contributed by atoms with Crippen molar-refractivity contribution in [2.24, 2.45) is 0 Å². The summed E-state index contributed by atoms with van der Waals surface area (Å²) in [5.41, 5.74) is 0. The van der Waals surface area contributed by atoms with Gasteiger partial charge in [-0.25, -0.2) is 8.42 Å². The maximum Gasteiger partial charge on any atom is 0.250 e. The summed E-state index contributed by atoms with van der Waals surface area (Å²) in [4.78, 5) is 0.943. The maximum absolute atomic E-state index is 12.0. The molecule has 1 N–H and O–H groups in total. The van der Waals surface area contributed by atoms with Crippen molar-refractivity contribution in [1.29, 1.82) is 0 Å². The van der Waals surface area contributed by atoms with Crippen molar-refractivity contribution in [1.82, 2.24) is 4.72 Å². The molecule has 6 nitrogen and oxygen atoms in total. The second-order valence-corrected chi connectivity index (χ2v) is 8.13. The summed E-state index contributed by atoms with van der Waals surface area (Å²) in [5.74, 6) is 7.43. The van der Waals surface area contributed by atoms with E-state index < -0.39 is 10.0 Å². The fraction of sp³-hybridized carbons (Fsp3) is 0.250. The smallest absolute Gasteiger partial charge is 0.250 e. The molecular formula is C16H15NO5S2. The van der Waals surface area contributed by atoms with Crippen molar-refractivity contribution in [3.8, 4) is 29.1 Å². The van der Waals surface area contributed by atoms with Crippen molar-refractivity contribution in [3.05, 3.63) is 35.2 Å². The quantitative estimate of drug-likeness (QED) is 0.822. The molecule has 3 rings (SSSR count). The van der Waals surface area contributed by atoms with Crippen molar-refractivity contribution in [3.63, 3.8) is 0 Å². The summed E-state index contributed by atoms with van der Waals surface area (Å²) in [5, 5.41) is 0. The molecule has 126 valence electrons. The molecule has 0 radical (unpaired) electrons. The lowest BCUT2D eigenvalue weighted by atomic mass is 10.3. The molecule has 1 aromatic heterocycles. The predicted molar refractivity (Wildman–Crippen MR) is 90.1 cm³/mol. The van der Waals surface area contributed by atoms with Crippen LogP contribution in [0.3, 0.4) is 0 Å². The summed E-state index contributed by atoms with van der Waals surface area (Å²) in [6.07, 6.45) is 0. The number of aryl methyl sites for hydroxylation is 1. The standard InChI is InChI=1S/C16H15NO5S2/c1-12-4-7-16(23-12)24(18,19)17-8-2-3-9-20-13-5-6-14-15(10-13)22-11-21-14/h4-7,10,17H,8-9,11H2,1H3. The molecule has 0 spiro atoms. The van der Waals surface area contributed by atoms with Crippen LogP contribution in [-0.4, -0.2) is 28.4 Å². The van der Waals surface area contributed by atoms with Gasteiger partial charge in [0.2, 0.25) is 6.79 Å². The molecule has 1 aliphatic rings. The molecule has 0 amide bonds. The van der Waals surface area contributed by atoms with E-state index in [4.69, 9.17) is 14.2 Å². The second kappa shape index (κ2) is 7.13. The Morgan fingerprint density at radius 3 is 2.83 bits per heavy atom. The van der Waals surface area contributed by atoms with Gasteiger partial charge in [0.1, 0.15) is 16.6 Å². The Morgan fingerprint density at radius 1 is 1.21 bits per heavy atom. The van der Waals surface area contributed by atoms with E-state index in [1.54, 1.807) is 30.3 Å².